The number of aromatic nitrogens is 1. The van der Waals surface area contributed by atoms with Crippen LogP contribution in [0.3, 0.4) is 0 Å². The molecule has 2 N–H and O–H groups in total. The average Bonchev–Trinajstić information content (AvgIpc) is 2.71. The van der Waals surface area contributed by atoms with Crippen molar-refractivity contribution in [1.29, 1.82) is 0 Å². The summed E-state index contributed by atoms with van der Waals surface area (Å²) in [6.45, 7) is 5.80. The zero-order valence-corrected chi connectivity index (χ0v) is 17.4. The molecule has 1 aromatic carbocycles. The van der Waals surface area contributed by atoms with Gasteiger partial charge in [-0.05, 0) is 36.4 Å². The molecule has 6 nitrogen and oxygen atoms in total. The Hall–Kier alpha value is -2.73. The van der Waals surface area contributed by atoms with Gasteiger partial charge in [0.2, 0.25) is 11.8 Å². The molecule has 2 aromatic rings. The highest BCUT2D eigenvalue weighted by atomic mass is 16.2. The van der Waals surface area contributed by atoms with Crippen molar-refractivity contribution >= 4 is 17.5 Å². The molecule has 1 aliphatic heterocycles. The van der Waals surface area contributed by atoms with Crippen molar-refractivity contribution in [2.24, 2.45) is 5.92 Å². The molecule has 2 amide bonds. The lowest BCUT2D eigenvalue weighted by atomic mass is 9.96. The molecule has 0 radical (unpaired) electrons. The highest BCUT2D eigenvalue weighted by Crippen LogP contribution is 2.28. The van der Waals surface area contributed by atoms with Crippen molar-refractivity contribution in [3.8, 4) is 11.1 Å². The summed E-state index contributed by atoms with van der Waals surface area (Å²) in [6, 6.07) is 12.0. The molecule has 1 aliphatic rings. The van der Waals surface area contributed by atoms with Gasteiger partial charge in [0.25, 0.3) is 0 Å². The molecule has 1 fully saturated rings. The molecular weight excluding hydrogens is 364 g/mol. The molecule has 2 heterocycles. The second-order valence-corrected chi connectivity index (χ2v) is 8.03. The Balaban J connectivity index is 1.60. The number of benzene rings is 1. The third kappa shape index (κ3) is 5.64. The number of nitrogens with one attached hydrogen (secondary N) is 2. The Morgan fingerprint density at radius 2 is 2.00 bits per heavy atom. The lowest BCUT2D eigenvalue weighted by Gasteiger charge is -2.28. The SMILES string of the molecule is CC(C)c1ncc(-c2ccccc2)cc1NC(=O)CNCC1CCN(C)C(=O)C1. The normalized spacial score (nSPS) is 16.9. The van der Waals surface area contributed by atoms with E-state index in [-0.39, 0.29) is 24.3 Å². The molecular formula is C23H30N4O2. The summed E-state index contributed by atoms with van der Waals surface area (Å²) >= 11 is 0. The monoisotopic (exact) mass is 394 g/mol. The van der Waals surface area contributed by atoms with E-state index in [1.165, 1.54) is 0 Å². The summed E-state index contributed by atoms with van der Waals surface area (Å²) in [7, 11) is 1.84. The fourth-order valence-electron chi connectivity index (χ4n) is 3.59. The first-order valence-electron chi connectivity index (χ1n) is 10.2. The van der Waals surface area contributed by atoms with E-state index in [2.05, 4.69) is 29.5 Å². The molecule has 1 unspecified atom stereocenters. The van der Waals surface area contributed by atoms with Gasteiger partial charge in [-0.1, -0.05) is 44.2 Å². The van der Waals surface area contributed by atoms with Crippen molar-refractivity contribution in [2.75, 3.05) is 32.0 Å². The van der Waals surface area contributed by atoms with Gasteiger partial charge in [0.15, 0.2) is 0 Å². The highest BCUT2D eigenvalue weighted by Gasteiger charge is 2.23. The topological polar surface area (TPSA) is 74.3 Å². The predicted octanol–water partition coefficient (Wildman–Crippen LogP) is 3.27. The Morgan fingerprint density at radius 1 is 1.24 bits per heavy atom. The fourth-order valence-corrected chi connectivity index (χ4v) is 3.59. The van der Waals surface area contributed by atoms with Gasteiger partial charge in [-0.3, -0.25) is 14.6 Å². The summed E-state index contributed by atoms with van der Waals surface area (Å²) in [5.41, 5.74) is 3.67. The largest absolute Gasteiger partial charge is 0.346 e. The number of piperidine rings is 1. The molecule has 0 aliphatic carbocycles. The zero-order valence-electron chi connectivity index (χ0n) is 17.4. The van der Waals surface area contributed by atoms with Crippen molar-refractivity contribution < 1.29 is 9.59 Å². The average molecular weight is 395 g/mol. The quantitative estimate of drug-likeness (QED) is 0.756. The number of rotatable bonds is 7. The van der Waals surface area contributed by atoms with E-state index in [1.807, 2.05) is 49.6 Å². The molecule has 0 spiro atoms. The number of hydrogen-bond donors (Lipinski definition) is 2. The van der Waals surface area contributed by atoms with Crippen molar-refractivity contribution in [3.63, 3.8) is 0 Å². The van der Waals surface area contributed by atoms with E-state index in [4.69, 9.17) is 0 Å². The summed E-state index contributed by atoms with van der Waals surface area (Å²) in [5, 5.41) is 6.22. The standard InChI is InChI=1S/C23H30N4O2/c1-16(2)23-20(12-19(14-25-23)18-7-5-4-6-8-18)26-21(28)15-24-13-17-9-10-27(3)22(29)11-17/h4-8,12,14,16-17,24H,9-11,13,15H2,1-3H3,(H,26,28). The molecule has 0 bridgehead atoms. The fraction of sp³-hybridized carbons (Fsp3) is 0.435. The minimum Gasteiger partial charge on any atom is -0.346 e. The lowest BCUT2D eigenvalue weighted by molar-refractivity contribution is -0.133. The minimum atomic E-state index is -0.0989. The number of nitrogens with zero attached hydrogens (tertiary/aromatic N) is 2. The van der Waals surface area contributed by atoms with E-state index >= 15 is 0 Å². The number of pyridine rings is 1. The Labute approximate surface area is 172 Å². The minimum absolute atomic E-state index is 0.0989. The van der Waals surface area contributed by atoms with Gasteiger partial charge < -0.3 is 15.5 Å². The van der Waals surface area contributed by atoms with Crippen LogP contribution in [0.15, 0.2) is 42.6 Å². The molecule has 3 rings (SSSR count). The van der Waals surface area contributed by atoms with Gasteiger partial charge in [-0.25, -0.2) is 0 Å². The molecule has 1 saturated heterocycles. The summed E-state index contributed by atoms with van der Waals surface area (Å²) in [6.07, 6.45) is 3.37. The Kier molecular flexibility index (Phi) is 6.99. The third-order valence-corrected chi connectivity index (χ3v) is 5.33. The number of hydrogen-bond acceptors (Lipinski definition) is 4. The Bertz CT molecular complexity index is 851. The van der Waals surface area contributed by atoms with Crippen LogP contribution in [-0.2, 0) is 9.59 Å². The maximum Gasteiger partial charge on any atom is 0.238 e. The van der Waals surface area contributed by atoms with E-state index in [0.29, 0.717) is 18.9 Å². The number of amides is 2. The molecule has 0 saturated carbocycles. The number of carbonyl (C=O) groups excluding carboxylic acids is 2. The lowest BCUT2D eigenvalue weighted by Crippen LogP contribution is -2.40. The van der Waals surface area contributed by atoms with Crippen LogP contribution < -0.4 is 10.6 Å². The first kappa shape index (κ1) is 21.0. The predicted molar refractivity (Wildman–Crippen MR) is 116 cm³/mol. The van der Waals surface area contributed by atoms with E-state index < -0.39 is 0 Å². The van der Waals surface area contributed by atoms with Crippen LogP contribution >= 0.6 is 0 Å². The summed E-state index contributed by atoms with van der Waals surface area (Å²) in [4.78, 5) is 30.7. The van der Waals surface area contributed by atoms with Crippen molar-refractivity contribution in [2.45, 2.75) is 32.6 Å². The van der Waals surface area contributed by atoms with Crippen LogP contribution in [0.5, 0.6) is 0 Å². The van der Waals surface area contributed by atoms with Gasteiger partial charge in [-0.15, -0.1) is 0 Å². The molecule has 1 atom stereocenters. The van der Waals surface area contributed by atoms with Crippen molar-refractivity contribution in [3.05, 3.63) is 48.3 Å². The number of anilines is 1. The number of likely N-dealkylation sites (tertiary alicyclic amines) is 1. The van der Waals surface area contributed by atoms with E-state index in [1.54, 1.807) is 4.90 Å². The third-order valence-electron chi connectivity index (χ3n) is 5.33. The van der Waals surface area contributed by atoms with Crippen LogP contribution in [0, 0.1) is 5.92 Å². The zero-order chi connectivity index (χ0) is 20.8. The highest BCUT2D eigenvalue weighted by molar-refractivity contribution is 5.93. The molecule has 154 valence electrons. The first-order chi connectivity index (χ1) is 13.9. The maximum absolute atomic E-state index is 12.5. The Morgan fingerprint density at radius 3 is 2.69 bits per heavy atom. The van der Waals surface area contributed by atoms with Crippen LogP contribution in [0.2, 0.25) is 0 Å². The maximum atomic E-state index is 12.5. The van der Waals surface area contributed by atoms with Gasteiger partial charge in [0.1, 0.15) is 0 Å². The molecule has 1 aromatic heterocycles. The van der Waals surface area contributed by atoms with Crippen LogP contribution in [0.25, 0.3) is 11.1 Å². The van der Waals surface area contributed by atoms with Crippen LogP contribution in [0.4, 0.5) is 5.69 Å². The van der Waals surface area contributed by atoms with Gasteiger partial charge in [-0.2, -0.15) is 0 Å². The van der Waals surface area contributed by atoms with Gasteiger partial charge in [0, 0.05) is 31.8 Å². The molecule has 6 heteroatoms. The number of carbonyl (C=O) groups is 2. The van der Waals surface area contributed by atoms with Crippen LogP contribution in [-0.4, -0.2) is 48.4 Å². The van der Waals surface area contributed by atoms with Crippen LogP contribution in [0.1, 0.15) is 38.3 Å². The smallest absolute Gasteiger partial charge is 0.238 e. The van der Waals surface area contributed by atoms with E-state index in [9.17, 15) is 9.59 Å². The molecule has 29 heavy (non-hydrogen) atoms. The van der Waals surface area contributed by atoms with E-state index in [0.717, 1.165) is 35.5 Å². The summed E-state index contributed by atoms with van der Waals surface area (Å²) < 4.78 is 0. The van der Waals surface area contributed by atoms with Crippen molar-refractivity contribution in [1.82, 2.24) is 15.2 Å². The van der Waals surface area contributed by atoms with Gasteiger partial charge in [0.05, 0.1) is 17.9 Å². The first-order valence-corrected chi connectivity index (χ1v) is 10.2. The van der Waals surface area contributed by atoms with Gasteiger partial charge >= 0.3 is 0 Å². The summed E-state index contributed by atoms with van der Waals surface area (Å²) in [5.74, 6) is 0.574. The second-order valence-electron chi connectivity index (χ2n) is 8.03. The second kappa shape index (κ2) is 9.65.